The van der Waals surface area contributed by atoms with Crippen molar-refractivity contribution in [1.29, 1.82) is 5.26 Å². The molecule has 20 heavy (non-hydrogen) atoms. The summed E-state index contributed by atoms with van der Waals surface area (Å²) in [4.78, 5) is 6.65. The molecular weight excluding hydrogens is 273 g/mol. The van der Waals surface area contributed by atoms with E-state index in [1.54, 1.807) is 17.4 Å². The largest absolute Gasteiger partial charge is 0.362 e. The maximum atomic E-state index is 13.8. The van der Waals surface area contributed by atoms with Crippen LogP contribution in [0.5, 0.6) is 0 Å². The minimum absolute atomic E-state index is 0.131. The first-order valence-corrected chi connectivity index (χ1v) is 7.46. The lowest BCUT2D eigenvalue weighted by molar-refractivity contribution is 0.620. The van der Waals surface area contributed by atoms with Crippen LogP contribution in [0.2, 0.25) is 0 Å². The zero-order chi connectivity index (χ0) is 14.1. The lowest BCUT2D eigenvalue weighted by Gasteiger charge is -2.26. The Morgan fingerprint density at radius 1 is 1.50 bits per heavy atom. The number of nitrogens with zero attached hydrogens (tertiary/aromatic N) is 3. The summed E-state index contributed by atoms with van der Waals surface area (Å²) in [6, 6.07) is 6.94. The maximum absolute atomic E-state index is 13.8. The number of hydrogen-bond donors (Lipinski definition) is 0. The van der Waals surface area contributed by atoms with Crippen molar-refractivity contribution >= 4 is 17.0 Å². The Hall–Kier alpha value is -1.93. The van der Waals surface area contributed by atoms with Gasteiger partial charge in [-0.25, -0.2) is 9.37 Å². The molecule has 2 aromatic rings. The number of aromatic nitrogens is 1. The predicted octanol–water partition coefficient (Wildman–Crippen LogP) is 3.80. The number of anilines is 1. The molecule has 1 aromatic heterocycles. The summed E-state index contributed by atoms with van der Waals surface area (Å²) in [5, 5.41) is 12.3. The molecule has 0 bridgehead atoms. The Kier molecular flexibility index (Phi) is 3.41. The van der Waals surface area contributed by atoms with E-state index < -0.39 is 5.82 Å². The van der Waals surface area contributed by atoms with Gasteiger partial charge in [0.15, 0.2) is 0 Å². The number of hydrogen-bond acceptors (Lipinski definition) is 4. The van der Waals surface area contributed by atoms with Crippen molar-refractivity contribution in [3.05, 3.63) is 45.7 Å². The predicted molar refractivity (Wildman–Crippen MR) is 77.3 cm³/mol. The molecule has 0 N–H and O–H groups in total. The van der Waals surface area contributed by atoms with Crippen molar-refractivity contribution in [2.75, 3.05) is 11.4 Å². The third kappa shape index (κ3) is 2.16. The van der Waals surface area contributed by atoms with Gasteiger partial charge in [-0.2, -0.15) is 5.26 Å². The zero-order valence-corrected chi connectivity index (χ0v) is 12.0. The number of aryl methyl sites for hydroxylation is 1. The van der Waals surface area contributed by atoms with E-state index in [0.29, 0.717) is 5.69 Å². The molecular formula is C15H14FN3S. The minimum atomic E-state index is -0.454. The first kappa shape index (κ1) is 13.1. The minimum Gasteiger partial charge on any atom is -0.362 e. The topological polar surface area (TPSA) is 39.9 Å². The molecule has 1 atom stereocenters. The van der Waals surface area contributed by atoms with Crippen molar-refractivity contribution in [1.82, 2.24) is 4.98 Å². The summed E-state index contributed by atoms with van der Waals surface area (Å²) in [6.07, 6.45) is 2.02. The van der Waals surface area contributed by atoms with Crippen LogP contribution in [0.4, 0.5) is 10.1 Å². The Morgan fingerprint density at radius 3 is 3.05 bits per heavy atom. The van der Waals surface area contributed by atoms with Gasteiger partial charge in [-0.05, 0) is 31.9 Å². The molecule has 0 aliphatic carbocycles. The second-order valence-electron chi connectivity index (χ2n) is 4.89. The van der Waals surface area contributed by atoms with E-state index in [0.717, 1.165) is 30.1 Å². The molecule has 102 valence electrons. The third-order valence-corrected chi connectivity index (χ3v) is 4.44. The summed E-state index contributed by atoms with van der Waals surface area (Å²) in [5.41, 5.74) is 1.84. The van der Waals surface area contributed by atoms with Gasteiger partial charge in [0.05, 0.1) is 22.4 Å². The molecule has 2 heterocycles. The van der Waals surface area contributed by atoms with Gasteiger partial charge in [-0.3, -0.25) is 0 Å². The molecule has 1 aliphatic heterocycles. The van der Waals surface area contributed by atoms with Gasteiger partial charge < -0.3 is 4.90 Å². The number of halogens is 1. The second kappa shape index (κ2) is 5.22. The van der Waals surface area contributed by atoms with E-state index in [1.165, 1.54) is 6.07 Å². The molecule has 3 rings (SSSR count). The summed E-state index contributed by atoms with van der Waals surface area (Å²) in [6.45, 7) is 2.82. The molecule has 0 saturated carbocycles. The van der Waals surface area contributed by atoms with E-state index in [9.17, 15) is 9.65 Å². The highest BCUT2D eigenvalue weighted by Gasteiger charge is 2.30. The average molecular weight is 287 g/mol. The van der Waals surface area contributed by atoms with Crippen LogP contribution in [0.3, 0.4) is 0 Å². The van der Waals surface area contributed by atoms with Crippen molar-refractivity contribution in [2.45, 2.75) is 25.8 Å². The number of thiazole rings is 1. The van der Waals surface area contributed by atoms with Gasteiger partial charge in [0.2, 0.25) is 0 Å². The molecule has 3 nitrogen and oxygen atoms in total. The molecule has 0 radical (unpaired) electrons. The first-order chi connectivity index (χ1) is 9.70. The highest BCUT2D eigenvalue weighted by Crippen LogP contribution is 2.38. The second-order valence-corrected chi connectivity index (χ2v) is 5.95. The van der Waals surface area contributed by atoms with Crippen LogP contribution in [0, 0.1) is 24.1 Å². The molecule has 0 amide bonds. The van der Waals surface area contributed by atoms with Gasteiger partial charge in [-0.1, -0.05) is 6.07 Å². The fraction of sp³-hybridized carbons (Fsp3) is 0.333. The summed E-state index contributed by atoms with van der Waals surface area (Å²) >= 11 is 1.62. The Bertz CT molecular complexity index is 674. The molecule has 5 heteroatoms. The highest BCUT2D eigenvalue weighted by atomic mass is 32.1. The fourth-order valence-corrected chi connectivity index (χ4v) is 3.42. The molecule has 1 saturated heterocycles. The average Bonchev–Trinajstić information content (AvgIpc) is 3.06. The zero-order valence-electron chi connectivity index (χ0n) is 11.1. The smallest absolute Gasteiger partial charge is 0.143 e. The van der Waals surface area contributed by atoms with E-state index in [2.05, 4.69) is 15.3 Å². The van der Waals surface area contributed by atoms with Crippen LogP contribution in [-0.4, -0.2) is 11.5 Å². The summed E-state index contributed by atoms with van der Waals surface area (Å²) in [7, 11) is 0. The Balaban J connectivity index is 2.01. The van der Waals surface area contributed by atoms with E-state index in [1.807, 2.05) is 19.1 Å². The van der Waals surface area contributed by atoms with Crippen molar-refractivity contribution < 1.29 is 4.39 Å². The van der Waals surface area contributed by atoms with Gasteiger partial charge >= 0.3 is 0 Å². The first-order valence-electron chi connectivity index (χ1n) is 6.58. The third-order valence-electron chi connectivity index (χ3n) is 3.64. The molecule has 0 spiro atoms. The van der Waals surface area contributed by atoms with Crippen LogP contribution < -0.4 is 4.90 Å². The van der Waals surface area contributed by atoms with Crippen LogP contribution in [0.15, 0.2) is 23.6 Å². The summed E-state index contributed by atoms with van der Waals surface area (Å²) < 4.78 is 13.8. The van der Waals surface area contributed by atoms with Gasteiger partial charge in [0.25, 0.3) is 0 Å². The van der Waals surface area contributed by atoms with Crippen LogP contribution >= 0.6 is 11.3 Å². The molecule has 0 unspecified atom stereocenters. The van der Waals surface area contributed by atoms with E-state index in [-0.39, 0.29) is 11.6 Å². The van der Waals surface area contributed by atoms with Crippen LogP contribution in [0.25, 0.3) is 0 Å². The molecule has 1 aliphatic rings. The number of nitriles is 1. The van der Waals surface area contributed by atoms with Crippen molar-refractivity contribution in [2.24, 2.45) is 0 Å². The van der Waals surface area contributed by atoms with Crippen LogP contribution in [-0.2, 0) is 0 Å². The fourth-order valence-electron chi connectivity index (χ4n) is 2.76. The Labute approximate surface area is 121 Å². The number of benzene rings is 1. The normalized spacial score (nSPS) is 18.2. The van der Waals surface area contributed by atoms with Gasteiger partial charge in [0, 0.05) is 11.9 Å². The lowest BCUT2D eigenvalue weighted by Crippen LogP contribution is -2.24. The lowest BCUT2D eigenvalue weighted by atomic mass is 10.1. The monoisotopic (exact) mass is 287 g/mol. The van der Waals surface area contributed by atoms with Gasteiger partial charge in [-0.15, -0.1) is 11.3 Å². The standard InChI is InChI=1S/C15H14FN3S/c1-10-18-13(9-20-10)15-6-3-7-19(15)14-5-2-4-12(16)11(14)8-17/h2,4-5,9,15H,3,6-7H2,1H3/t15-/m0/s1. The quantitative estimate of drug-likeness (QED) is 0.843. The SMILES string of the molecule is Cc1nc([C@@H]2CCCN2c2cccc(F)c2C#N)cs1. The maximum Gasteiger partial charge on any atom is 0.143 e. The summed E-state index contributed by atoms with van der Waals surface area (Å²) in [5.74, 6) is -0.454. The molecule has 1 aromatic carbocycles. The van der Waals surface area contributed by atoms with Crippen LogP contribution in [0.1, 0.15) is 35.1 Å². The van der Waals surface area contributed by atoms with Crippen molar-refractivity contribution in [3.8, 4) is 6.07 Å². The van der Waals surface area contributed by atoms with Gasteiger partial charge in [0.1, 0.15) is 17.4 Å². The highest BCUT2D eigenvalue weighted by molar-refractivity contribution is 7.09. The van der Waals surface area contributed by atoms with Crippen molar-refractivity contribution in [3.63, 3.8) is 0 Å². The molecule has 1 fully saturated rings. The van der Waals surface area contributed by atoms with E-state index >= 15 is 0 Å². The van der Waals surface area contributed by atoms with E-state index in [4.69, 9.17) is 0 Å². The number of rotatable bonds is 2. The Morgan fingerprint density at radius 2 is 2.35 bits per heavy atom.